The Morgan fingerprint density at radius 2 is 1.64 bits per heavy atom. The van der Waals surface area contributed by atoms with Gasteiger partial charge >= 0.3 is 18.2 Å². The molecule has 0 aliphatic rings. The predicted molar refractivity (Wildman–Crippen MR) is 99.8 cm³/mol. The van der Waals surface area contributed by atoms with E-state index in [4.69, 9.17) is 0 Å². The zero-order valence-electron chi connectivity index (χ0n) is 15.6. The van der Waals surface area contributed by atoms with Crippen LogP contribution in [0.15, 0.2) is 41.5 Å². The molecule has 0 fully saturated rings. The van der Waals surface area contributed by atoms with Crippen molar-refractivity contribution in [2.24, 2.45) is 12.0 Å². The molecule has 0 radical (unpaired) electrons. The molecule has 2 rings (SSSR count). The highest BCUT2D eigenvalue weighted by atomic mass is 16.5. The van der Waals surface area contributed by atoms with Crippen LogP contribution < -0.4 is 10.6 Å². The first-order valence-electron chi connectivity index (χ1n) is 8.09. The number of benzene rings is 1. The molecule has 0 aliphatic carbocycles. The minimum absolute atomic E-state index is 0.0849. The normalized spacial score (nSPS) is 9.96. The monoisotopic (exact) mass is 388 g/mol. The highest BCUT2D eigenvalue weighted by Crippen LogP contribution is 2.28. The van der Waals surface area contributed by atoms with E-state index in [1.807, 2.05) is 30.3 Å². The minimum atomic E-state index is -1.21. The van der Waals surface area contributed by atoms with Crippen LogP contribution >= 0.6 is 0 Å². The molecule has 1 aromatic carbocycles. The average Bonchev–Trinajstić information content (AvgIpc) is 2.97. The van der Waals surface area contributed by atoms with Crippen molar-refractivity contribution in [2.75, 3.05) is 14.2 Å². The number of aromatic nitrogens is 1. The van der Waals surface area contributed by atoms with Gasteiger partial charge in [-0.15, -0.1) is 0 Å². The maximum absolute atomic E-state index is 11.7. The van der Waals surface area contributed by atoms with Gasteiger partial charge in [-0.3, -0.25) is 10.6 Å². The summed E-state index contributed by atoms with van der Waals surface area (Å²) in [5.41, 5.74) is 1.50. The summed E-state index contributed by atoms with van der Waals surface area (Å²) in [7, 11) is 3.84. The van der Waals surface area contributed by atoms with E-state index < -0.39 is 18.2 Å². The van der Waals surface area contributed by atoms with E-state index in [-0.39, 0.29) is 17.3 Å². The molecule has 0 spiro atoms. The quantitative estimate of drug-likeness (QED) is 0.542. The molecule has 148 valence electrons. The summed E-state index contributed by atoms with van der Waals surface area (Å²) in [4.78, 5) is 39.0. The second-order valence-corrected chi connectivity index (χ2v) is 5.62. The van der Waals surface area contributed by atoms with Crippen LogP contribution in [0.1, 0.15) is 21.6 Å². The van der Waals surface area contributed by atoms with E-state index in [0.29, 0.717) is 12.0 Å². The van der Waals surface area contributed by atoms with Crippen LogP contribution in [0.25, 0.3) is 0 Å². The molecule has 28 heavy (non-hydrogen) atoms. The number of rotatable bonds is 4. The Bertz CT molecular complexity index is 884. The lowest BCUT2D eigenvalue weighted by Gasteiger charge is -2.10. The third kappa shape index (κ3) is 5.10. The fraction of sp³-hybridized carbons (Fsp3) is 0.222. The summed E-state index contributed by atoms with van der Waals surface area (Å²) in [6.45, 7) is 0. The fourth-order valence-corrected chi connectivity index (χ4v) is 2.49. The SMILES string of the molecule is COC(=O)NC(=Nc1c(Cc2ccccc2)cn(C)c1C(=O)O)NC(=O)OC. The number of aliphatic imine (C=N–C) groups is 1. The number of carbonyl (C=O) groups excluding carboxylic acids is 2. The lowest BCUT2D eigenvalue weighted by atomic mass is 10.1. The van der Waals surface area contributed by atoms with Crippen LogP contribution in [0.2, 0.25) is 0 Å². The van der Waals surface area contributed by atoms with E-state index in [9.17, 15) is 19.5 Å². The number of hydrogen-bond donors (Lipinski definition) is 3. The van der Waals surface area contributed by atoms with E-state index in [1.54, 1.807) is 13.2 Å². The number of alkyl carbamates (subject to hydrolysis) is 2. The Morgan fingerprint density at radius 1 is 1.07 bits per heavy atom. The van der Waals surface area contributed by atoms with Gasteiger partial charge < -0.3 is 19.1 Å². The number of carboxylic acids is 1. The molecule has 0 saturated carbocycles. The number of amides is 2. The number of carbonyl (C=O) groups is 3. The molecule has 10 heteroatoms. The van der Waals surface area contributed by atoms with Gasteiger partial charge in [-0.25, -0.2) is 19.4 Å². The average molecular weight is 388 g/mol. The first kappa shape index (κ1) is 20.5. The Hall–Kier alpha value is -3.82. The van der Waals surface area contributed by atoms with E-state index >= 15 is 0 Å². The molecule has 0 bridgehead atoms. The van der Waals surface area contributed by atoms with Gasteiger partial charge in [-0.2, -0.15) is 0 Å². The largest absolute Gasteiger partial charge is 0.477 e. The molecule has 0 saturated heterocycles. The third-order valence-corrected chi connectivity index (χ3v) is 3.71. The standard InChI is InChI=1S/C18H20N4O6/c1-22-10-12(9-11-7-5-4-6-8-11)13(14(22)15(23)24)19-16(20-17(25)27-2)21-18(26)28-3/h4-8,10H,9H2,1-3H3,(H,23,24)(H2,19,20,21,25,26). The van der Waals surface area contributed by atoms with Gasteiger partial charge in [0.15, 0.2) is 5.69 Å². The van der Waals surface area contributed by atoms with Gasteiger partial charge in [-0.1, -0.05) is 30.3 Å². The Morgan fingerprint density at radius 3 is 2.14 bits per heavy atom. The number of aromatic carboxylic acids is 1. The summed E-state index contributed by atoms with van der Waals surface area (Å²) in [6, 6.07) is 9.38. The lowest BCUT2D eigenvalue weighted by Crippen LogP contribution is -2.43. The van der Waals surface area contributed by atoms with E-state index in [1.165, 1.54) is 4.57 Å². The van der Waals surface area contributed by atoms with E-state index in [0.717, 1.165) is 19.8 Å². The van der Waals surface area contributed by atoms with Crippen LogP contribution in [0, 0.1) is 0 Å². The number of carboxylic acid groups (broad SMARTS) is 1. The van der Waals surface area contributed by atoms with Crippen molar-refractivity contribution in [3.05, 3.63) is 53.3 Å². The molecule has 2 amide bonds. The van der Waals surface area contributed by atoms with Gasteiger partial charge in [0.1, 0.15) is 5.69 Å². The van der Waals surface area contributed by atoms with E-state index in [2.05, 4.69) is 25.1 Å². The molecule has 0 aliphatic heterocycles. The van der Waals surface area contributed by atoms with Crippen molar-refractivity contribution in [1.29, 1.82) is 0 Å². The molecule has 0 unspecified atom stereocenters. The highest BCUT2D eigenvalue weighted by Gasteiger charge is 2.22. The van der Waals surface area contributed by atoms with Crippen molar-refractivity contribution < 1.29 is 29.0 Å². The van der Waals surface area contributed by atoms with Gasteiger partial charge in [0, 0.05) is 25.2 Å². The van der Waals surface area contributed by atoms with Crippen molar-refractivity contribution >= 4 is 29.8 Å². The summed E-state index contributed by atoms with van der Waals surface area (Å²) in [5, 5.41) is 14.0. The number of hydrogen-bond acceptors (Lipinski definition) is 6. The molecule has 1 aromatic heterocycles. The smallest absolute Gasteiger partial charge is 0.413 e. The molecular formula is C18H20N4O6. The van der Waals surface area contributed by atoms with Crippen LogP contribution in [0.5, 0.6) is 0 Å². The summed E-state index contributed by atoms with van der Waals surface area (Å²) >= 11 is 0. The number of ether oxygens (including phenoxy) is 2. The van der Waals surface area contributed by atoms with Crippen LogP contribution in [0.4, 0.5) is 15.3 Å². The third-order valence-electron chi connectivity index (χ3n) is 3.71. The molecule has 10 nitrogen and oxygen atoms in total. The van der Waals surface area contributed by atoms with Crippen LogP contribution in [-0.4, -0.2) is 48.0 Å². The van der Waals surface area contributed by atoms with Gasteiger partial charge in [-0.05, 0) is 5.56 Å². The fourth-order valence-electron chi connectivity index (χ4n) is 2.49. The van der Waals surface area contributed by atoms with Crippen molar-refractivity contribution in [3.63, 3.8) is 0 Å². The first-order chi connectivity index (χ1) is 13.3. The molecule has 2 aromatic rings. The number of guanidine groups is 1. The van der Waals surface area contributed by atoms with Crippen molar-refractivity contribution in [2.45, 2.75) is 6.42 Å². The maximum Gasteiger partial charge on any atom is 0.413 e. The second kappa shape index (κ2) is 9.21. The van der Waals surface area contributed by atoms with Gasteiger partial charge in [0.25, 0.3) is 0 Å². The second-order valence-electron chi connectivity index (χ2n) is 5.62. The predicted octanol–water partition coefficient (Wildman–Crippen LogP) is 2.01. The minimum Gasteiger partial charge on any atom is -0.477 e. The maximum atomic E-state index is 11.7. The number of nitrogens with zero attached hydrogens (tertiary/aromatic N) is 2. The summed E-state index contributed by atoms with van der Waals surface area (Å²) in [5.74, 6) is -1.54. The molecular weight excluding hydrogens is 368 g/mol. The molecule has 1 heterocycles. The Balaban J connectivity index is 2.54. The van der Waals surface area contributed by atoms with Gasteiger partial charge in [0.2, 0.25) is 5.96 Å². The summed E-state index contributed by atoms with van der Waals surface area (Å²) < 4.78 is 10.4. The number of nitrogens with one attached hydrogen (secondary N) is 2. The number of methoxy groups -OCH3 is 2. The zero-order valence-corrected chi connectivity index (χ0v) is 15.6. The first-order valence-corrected chi connectivity index (χ1v) is 8.09. The van der Waals surface area contributed by atoms with Gasteiger partial charge in [0.05, 0.1) is 14.2 Å². The zero-order chi connectivity index (χ0) is 20.7. The lowest BCUT2D eigenvalue weighted by molar-refractivity contribution is 0.0687. The highest BCUT2D eigenvalue weighted by molar-refractivity contribution is 6.03. The van der Waals surface area contributed by atoms with Crippen molar-refractivity contribution in [1.82, 2.24) is 15.2 Å². The summed E-state index contributed by atoms with van der Waals surface area (Å²) in [6.07, 6.45) is 0.230. The Labute approximate surface area is 160 Å². The van der Waals surface area contributed by atoms with Crippen molar-refractivity contribution in [3.8, 4) is 0 Å². The van der Waals surface area contributed by atoms with Crippen LogP contribution in [0.3, 0.4) is 0 Å². The topological polar surface area (TPSA) is 131 Å². The molecule has 3 N–H and O–H groups in total. The Kier molecular flexibility index (Phi) is 6.74. The van der Waals surface area contributed by atoms with Crippen LogP contribution in [-0.2, 0) is 22.9 Å². The molecule has 0 atom stereocenters. The number of aryl methyl sites for hydroxylation is 1.